The minimum Gasteiger partial charge on any atom is -0.367 e. The number of carbonyl (C=O) groups is 1. The van der Waals surface area contributed by atoms with Gasteiger partial charge in [0, 0.05) is 31.5 Å². The third kappa shape index (κ3) is 3.62. The summed E-state index contributed by atoms with van der Waals surface area (Å²) in [5, 5.41) is 3.31. The van der Waals surface area contributed by atoms with Gasteiger partial charge in [-0.3, -0.25) is 9.78 Å². The Hall–Kier alpha value is -2.14. The first-order chi connectivity index (χ1) is 11.1. The van der Waals surface area contributed by atoms with Crippen LogP contribution in [0.3, 0.4) is 0 Å². The smallest absolute Gasteiger partial charge is 0.253 e. The van der Waals surface area contributed by atoms with Crippen LogP contribution in [0.4, 0.5) is 10.1 Å². The van der Waals surface area contributed by atoms with Crippen molar-refractivity contribution in [2.24, 2.45) is 0 Å². The molecule has 1 aromatic carbocycles. The van der Waals surface area contributed by atoms with E-state index in [1.165, 1.54) is 18.5 Å². The van der Waals surface area contributed by atoms with Crippen molar-refractivity contribution in [1.29, 1.82) is 0 Å². The molecule has 1 unspecified atom stereocenters. The number of para-hydroxylation sites is 1. The van der Waals surface area contributed by atoms with Crippen molar-refractivity contribution in [2.75, 3.05) is 18.0 Å². The van der Waals surface area contributed by atoms with Crippen molar-refractivity contribution in [3.63, 3.8) is 0 Å². The summed E-state index contributed by atoms with van der Waals surface area (Å²) in [4.78, 5) is 18.2. The van der Waals surface area contributed by atoms with Gasteiger partial charge < -0.3 is 10.2 Å². The van der Waals surface area contributed by atoms with Gasteiger partial charge in [0.05, 0.1) is 16.3 Å². The topological polar surface area (TPSA) is 45.2 Å². The summed E-state index contributed by atoms with van der Waals surface area (Å²) in [5.41, 5.74) is 0.984. The molecule has 1 fully saturated rings. The van der Waals surface area contributed by atoms with E-state index in [0.717, 1.165) is 19.4 Å². The lowest BCUT2D eigenvalue weighted by Crippen LogP contribution is -2.48. The fourth-order valence-electron chi connectivity index (χ4n) is 2.84. The minimum atomic E-state index is -0.239. The summed E-state index contributed by atoms with van der Waals surface area (Å²) in [6, 6.07) is 8.26. The van der Waals surface area contributed by atoms with Crippen LogP contribution in [0.5, 0.6) is 0 Å². The quantitative estimate of drug-likeness (QED) is 0.937. The Morgan fingerprint density at radius 3 is 2.96 bits per heavy atom. The van der Waals surface area contributed by atoms with Gasteiger partial charge in [0.25, 0.3) is 5.91 Å². The number of piperidine rings is 1. The second kappa shape index (κ2) is 6.96. The summed E-state index contributed by atoms with van der Waals surface area (Å²) in [7, 11) is 0. The van der Waals surface area contributed by atoms with Gasteiger partial charge in [-0.15, -0.1) is 0 Å². The molecule has 4 nitrogen and oxygen atoms in total. The summed E-state index contributed by atoms with van der Waals surface area (Å²) in [6.07, 6.45) is 4.74. The molecule has 0 bridgehead atoms. The van der Waals surface area contributed by atoms with E-state index in [9.17, 15) is 9.18 Å². The SMILES string of the molecule is O=C(NC1CCCN(c2ccccc2F)C1)c1ccncc1Cl. The molecule has 0 radical (unpaired) electrons. The standard InChI is InChI=1S/C17H17ClFN3O/c18-14-10-20-8-7-13(14)17(23)21-12-4-3-9-22(11-12)16-6-2-1-5-15(16)19/h1-2,5-8,10,12H,3-4,9,11H2,(H,21,23). The largest absolute Gasteiger partial charge is 0.367 e. The number of nitrogens with zero attached hydrogens (tertiary/aromatic N) is 2. The van der Waals surface area contributed by atoms with Crippen molar-refractivity contribution in [3.05, 3.63) is 59.1 Å². The normalized spacial score (nSPS) is 17.8. The Kier molecular flexibility index (Phi) is 4.76. The first-order valence-electron chi connectivity index (χ1n) is 7.55. The lowest BCUT2D eigenvalue weighted by molar-refractivity contribution is 0.0933. The van der Waals surface area contributed by atoms with Crippen LogP contribution in [0.25, 0.3) is 0 Å². The molecule has 0 spiro atoms. The predicted molar refractivity (Wildman–Crippen MR) is 88.3 cm³/mol. The van der Waals surface area contributed by atoms with Crippen molar-refractivity contribution in [2.45, 2.75) is 18.9 Å². The Morgan fingerprint density at radius 1 is 1.35 bits per heavy atom. The highest BCUT2D eigenvalue weighted by molar-refractivity contribution is 6.33. The minimum absolute atomic E-state index is 0.0416. The van der Waals surface area contributed by atoms with Crippen LogP contribution in [0.1, 0.15) is 23.2 Å². The van der Waals surface area contributed by atoms with Crippen LogP contribution in [-0.4, -0.2) is 30.0 Å². The third-order valence-corrected chi connectivity index (χ3v) is 4.27. The van der Waals surface area contributed by atoms with Crippen LogP contribution in [0.15, 0.2) is 42.7 Å². The van der Waals surface area contributed by atoms with Crippen molar-refractivity contribution < 1.29 is 9.18 Å². The molecule has 2 aromatic rings. The highest BCUT2D eigenvalue weighted by Gasteiger charge is 2.24. The number of pyridine rings is 1. The number of hydrogen-bond donors (Lipinski definition) is 1. The van der Waals surface area contributed by atoms with E-state index in [4.69, 9.17) is 11.6 Å². The summed E-state index contributed by atoms with van der Waals surface area (Å²) in [5.74, 6) is -0.463. The Labute approximate surface area is 139 Å². The molecule has 1 aliphatic heterocycles. The molecule has 120 valence electrons. The number of carbonyl (C=O) groups excluding carboxylic acids is 1. The number of nitrogens with one attached hydrogen (secondary N) is 1. The summed E-state index contributed by atoms with van der Waals surface area (Å²) < 4.78 is 13.9. The lowest BCUT2D eigenvalue weighted by atomic mass is 10.0. The molecule has 1 aromatic heterocycles. The summed E-state index contributed by atoms with van der Waals surface area (Å²) in [6.45, 7) is 1.36. The van der Waals surface area contributed by atoms with Crippen LogP contribution >= 0.6 is 11.6 Å². The predicted octanol–water partition coefficient (Wildman–Crippen LogP) is 3.27. The van der Waals surface area contributed by atoms with Gasteiger partial charge >= 0.3 is 0 Å². The number of amides is 1. The molecule has 6 heteroatoms. The van der Waals surface area contributed by atoms with Crippen molar-refractivity contribution in [3.8, 4) is 0 Å². The van der Waals surface area contributed by atoms with Gasteiger partial charge in [-0.25, -0.2) is 4.39 Å². The molecule has 1 N–H and O–H groups in total. The van der Waals surface area contributed by atoms with E-state index >= 15 is 0 Å². The highest BCUT2D eigenvalue weighted by Crippen LogP contribution is 2.23. The Balaban J connectivity index is 1.69. The van der Waals surface area contributed by atoms with E-state index in [1.54, 1.807) is 18.2 Å². The first-order valence-corrected chi connectivity index (χ1v) is 7.93. The highest BCUT2D eigenvalue weighted by atomic mass is 35.5. The fraction of sp³-hybridized carbons (Fsp3) is 0.294. The molecule has 1 atom stereocenters. The lowest BCUT2D eigenvalue weighted by Gasteiger charge is -2.35. The van der Waals surface area contributed by atoms with E-state index in [1.807, 2.05) is 11.0 Å². The zero-order valence-electron chi connectivity index (χ0n) is 12.5. The van der Waals surface area contributed by atoms with E-state index < -0.39 is 0 Å². The molecular weight excluding hydrogens is 317 g/mol. The monoisotopic (exact) mass is 333 g/mol. The molecule has 0 saturated carbocycles. The van der Waals surface area contributed by atoms with Gasteiger partial charge in [0.2, 0.25) is 0 Å². The molecule has 0 aliphatic carbocycles. The molecule has 1 aliphatic rings. The zero-order chi connectivity index (χ0) is 16.2. The van der Waals surface area contributed by atoms with Gasteiger partial charge in [0.15, 0.2) is 0 Å². The number of aromatic nitrogens is 1. The number of benzene rings is 1. The van der Waals surface area contributed by atoms with E-state index in [0.29, 0.717) is 22.8 Å². The number of halogens is 2. The summed E-state index contributed by atoms with van der Waals surface area (Å²) >= 11 is 6.00. The maximum Gasteiger partial charge on any atom is 0.253 e. The van der Waals surface area contributed by atoms with Gasteiger partial charge in [-0.1, -0.05) is 23.7 Å². The molecular formula is C17H17ClFN3O. The number of hydrogen-bond acceptors (Lipinski definition) is 3. The van der Waals surface area contributed by atoms with E-state index in [2.05, 4.69) is 10.3 Å². The Morgan fingerprint density at radius 2 is 2.17 bits per heavy atom. The van der Waals surface area contributed by atoms with Gasteiger partial charge in [-0.05, 0) is 31.0 Å². The maximum atomic E-state index is 13.9. The average molecular weight is 334 g/mol. The second-order valence-electron chi connectivity index (χ2n) is 5.57. The van der Waals surface area contributed by atoms with Gasteiger partial charge in [-0.2, -0.15) is 0 Å². The number of rotatable bonds is 3. The van der Waals surface area contributed by atoms with Crippen molar-refractivity contribution >= 4 is 23.2 Å². The Bertz CT molecular complexity index is 710. The van der Waals surface area contributed by atoms with E-state index in [-0.39, 0.29) is 17.8 Å². The van der Waals surface area contributed by atoms with Gasteiger partial charge in [0.1, 0.15) is 5.82 Å². The number of anilines is 1. The van der Waals surface area contributed by atoms with Crippen molar-refractivity contribution in [1.82, 2.24) is 10.3 Å². The van der Waals surface area contributed by atoms with Crippen LogP contribution in [-0.2, 0) is 0 Å². The fourth-order valence-corrected chi connectivity index (χ4v) is 3.05. The average Bonchev–Trinajstić information content (AvgIpc) is 2.56. The molecule has 3 rings (SSSR count). The van der Waals surface area contributed by atoms with Crippen LogP contribution in [0.2, 0.25) is 5.02 Å². The maximum absolute atomic E-state index is 13.9. The molecule has 2 heterocycles. The third-order valence-electron chi connectivity index (χ3n) is 3.97. The van der Waals surface area contributed by atoms with Crippen LogP contribution < -0.4 is 10.2 Å². The molecule has 1 saturated heterocycles. The second-order valence-corrected chi connectivity index (χ2v) is 5.97. The van der Waals surface area contributed by atoms with Crippen LogP contribution in [0, 0.1) is 5.82 Å². The molecule has 23 heavy (non-hydrogen) atoms. The molecule has 1 amide bonds. The zero-order valence-corrected chi connectivity index (χ0v) is 13.3. The first kappa shape index (κ1) is 15.7.